The van der Waals surface area contributed by atoms with Crippen molar-refractivity contribution in [1.29, 1.82) is 0 Å². The molecule has 1 spiro atoms. The predicted molar refractivity (Wildman–Crippen MR) is 67.0 cm³/mol. The van der Waals surface area contributed by atoms with Gasteiger partial charge in [-0.3, -0.25) is 9.59 Å². The minimum Gasteiger partial charge on any atom is -0.481 e. The lowest BCUT2D eigenvalue weighted by molar-refractivity contribution is -0.143. The molecule has 3 aliphatic rings. The molecule has 5 atom stereocenters. The van der Waals surface area contributed by atoms with Gasteiger partial charge < -0.3 is 5.11 Å². The smallest absolute Gasteiger partial charge is 0.306 e. The van der Waals surface area contributed by atoms with Crippen molar-refractivity contribution in [2.45, 2.75) is 46.5 Å². The summed E-state index contributed by atoms with van der Waals surface area (Å²) in [5, 5.41) is 9.40. The van der Waals surface area contributed by atoms with Crippen molar-refractivity contribution in [1.82, 2.24) is 0 Å². The van der Waals surface area contributed by atoms with Crippen LogP contribution in [0.5, 0.6) is 0 Å². The Morgan fingerprint density at radius 2 is 2.00 bits per heavy atom. The van der Waals surface area contributed by atoms with Crippen LogP contribution in [-0.4, -0.2) is 16.9 Å². The number of carboxylic acid groups (broad SMARTS) is 1. The van der Waals surface area contributed by atoms with Gasteiger partial charge in [-0.1, -0.05) is 20.8 Å². The number of Topliss-reactive ketones (excluding diaryl/α,β-unsaturated/α-hetero) is 1. The highest BCUT2D eigenvalue weighted by Crippen LogP contribution is 2.70. The summed E-state index contributed by atoms with van der Waals surface area (Å²) in [7, 11) is 0. The van der Waals surface area contributed by atoms with Gasteiger partial charge in [0.15, 0.2) is 0 Å². The van der Waals surface area contributed by atoms with Crippen LogP contribution < -0.4 is 0 Å². The molecule has 3 heteroatoms. The zero-order valence-corrected chi connectivity index (χ0v) is 11.4. The molecule has 1 N–H and O–H groups in total. The molecule has 0 unspecified atom stereocenters. The summed E-state index contributed by atoms with van der Waals surface area (Å²) in [5.74, 6) is 0.109. The lowest BCUT2D eigenvalue weighted by Crippen LogP contribution is -2.32. The Kier molecular flexibility index (Phi) is 2.28. The SMILES string of the molecule is C[C@H]1CC[C@H]2[C@@H](C(=O)O)C[C@@H]3C(=O)C(C)(C)C[C@]312. The van der Waals surface area contributed by atoms with E-state index in [1.165, 1.54) is 0 Å². The Hall–Kier alpha value is -0.860. The average molecular weight is 250 g/mol. The van der Waals surface area contributed by atoms with Crippen molar-refractivity contribution in [2.24, 2.45) is 34.5 Å². The van der Waals surface area contributed by atoms with Crippen LogP contribution in [0, 0.1) is 34.5 Å². The molecular weight excluding hydrogens is 228 g/mol. The van der Waals surface area contributed by atoms with E-state index in [9.17, 15) is 14.7 Å². The van der Waals surface area contributed by atoms with Gasteiger partial charge in [0.2, 0.25) is 0 Å². The molecule has 0 aromatic carbocycles. The molecular formula is C15H22O3. The van der Waals surface area contributed by atoms with E-state index >= 15 is 0 Å². The number of ketones is 1. The van der Waals surface area contributed by atoms with Crippen molar-refractivity contribution < 1.29 is 14.7 Å². The third-order valence-electron chi connectivity index (χ3n) is 6.19. The van der Waals surface area contributed by atoms with Crippen LogP contribution >= 0.6 is 0 Å². The fourth-order valence-electron chi connectivity index (χ4n) is 5.52. The summed E-state index contributed by atoms with van der Waals surface area (Å²) >= 11 is 0. The standard InChI is InChI=1S/C15H22O3/c1-8-4-5-10-9(13(17)18)6-11-12(16)14(2,3)7-15(8,10)11/h8-11H,4-7H2,1-3H3,(H,17,18)/t8-,9-,10-,11+,15-/m0/s1. The van der Waals surface area contributed by atoms with Crippen molar-refractivity contribution in [3.05, 3.63) is 0 Å². The minimum atomic E-state index is -0.687. The van der Waals surface area contributed by atoms with Gasteiger partial charge in [-0.05, 0) is 42.9 Å². The van der Waals surface area contributed by atoms with E-state index < -0.39 is 5.97 Å². The van der Waals surface area contributed by atoms with Crippen LogP contribution in [0.2, 0.25) is 0 Å². The second-order valence-corrected chi connectivity index (χ2v) is 7.36. The van der Waals surface area contributed by atoms with Gasteiger partial charge in [0, 0.05) is 11.3 Å². The molecule has 100 valence electrons. The lowest BCUT2D eigenvalue weighted by Gasteiger charge is -2.35. The first-order chi connectivity index (χ1) is 8.30. The van der Waals surface area contributed by atoms with Crippen molar-refractivity contribution in [2.75, 3.05) is 0 Å². The molecule has 0 aliphatic heterocycles. The highest BCUT2D eigenvalue weighted by atomic mass is 16.4. The van der Waals surface area contributed by atoms with Crippen LogP contribution in [-0.2, 0) is 9.59 Å². The molecule has 3 aliphatic carbocycles. The third-order valence-corrected chi connectivity index (χ3v) is 6.19. The normalized spacial score (nSPS) is 49.2. The van der Waals surface area contributed by atoms with Crippen molar-refractivity contribution in [3.63, 3.8) is 0 Å². The number of carbonyl (C=O) groups excluding carboxylic acids is 1. The predicted octanol–water partition coefficient (Wildman–Crippen LogP) is 2.74. The molecule has 0 saturated heterocycles. The Bertz CT molecular complexity index is 425. The first kappa shape index (κ1) is 12.2. The molecule has 3 rings (SSSR count). The number of hydrogen-bond acceptors (Lipinski definition) is 2. The largest absolute Gasteiger partial charge is 0.481 e. The maximum atomic E-state index is 12.6. The third kappa shape index (κ3) is 1.20. The maximum Gasteiger partial charge on any atom is 0.306 e. The van der Waals surface area contributed by atoms with Gasteiger partial charge in [0.25, 0.3) is 0 Å². The van der Waals surface area contributed by atoms with Gasteiger partial charge in [0.05, 0.1) is 5.92 Å². The maximum absolute atomic E-state index is 12.6. The fourth-order valence-corrected chi connectivity index (χ4v) is 5.52. The lowest BCUT2D eigenvalue weighted by atomic mass is 9.68. The molecule has 3 nitrogen and oxygen atoms in total. The molecule has 3 saturated carbocycles. The number of carbonyl (C=O) groups is 2. The molecule has 0 amide bonds. The topological polar surface area (TPSA) is 54.4 Å². The Balaban J connectivity index is 2.07. The van der Waals surface area contributed by atoms with Gasteiger partial charge in [-0.15, -0.1) is 0 Å². The van der Waals surface area contributed by atoms with E-state index in [1.807, 2.05) is 13.8 Å². The highest BCUT2D eigenvalue weighted by Gasteiger charge is 2.69. The van der Waals surface area contributed by atoms with Crippen LogP contribution in [0.4, 0.5) is 0 Å². The van der Waals surface area contributed by atoms with Gasteiger partial charge in [-0.25, -0.2) is 0 Å². The number of aliphatic carboxylic acids is 1. The second-order valence-electron chi connectivity index (χ2n) is 7.36. The van der Waals surface area contributed by atoms with Crippen molar-refractivity contribution in [3.8, 4) is 0 Å². The van der Waals surface area contributed by atoms with Gasteiger partial charge in [0.1, 0.15) is 5.78 Å². The number of rotatable bonds is 1. The van der Waals surface area contributed by atoms with E-state index in [2.05, 4.69) is 6.92 Å². The van der Waals surface area contributed by atoms with E-state index in [-0.39, 0.29) is 28.6 Å². The summed E-state index contributed by atoms with van der Waals surface area (Å²) in [4.78, 5) is 24.0. The Morgan fingerprint density at radius 1 is 1.33 bits per heavy atom. The van der Waals surface area contributed by atoms with Gasteiger partial charge >= 0.3 is 5.97 Å². The Morgan fingerprint density at radius 3 is 2.61 bits per heavy atom. The molecule has 0 heterocycles. The minimum absolute atomic E-state index is 0.00361. The monoisotopic (exact) mass is 250 g/mol. The van der Waals surface area contributed by atoms with Crippen LogP contribution in [0.15, 0.2) is 0 Å². The summed E-state index contributed by atoms with van der Waals surface area (Å²) in [6, 6.07) is 0. The fraction of sp³-hybridized carbons (Fsp3) is 0.867. The average Bonchev–Trinajstić information content (AvgIpc) is 2.79. The first-order valence-corrected chi connectivity index (χ1v) is 7.08. The zero-order valence-electron chi connectivity index (χ0n) is 11.4. The second kappa shape index (κ2) is 3.37. The van der Waals surface area contributed by atoms with E-state index in [4.69, 9.17) is 0 Å². The summed E-state index contributed by atoms with van der Waals surface area (Å²) < 4.78 is 0. The first-order valence-electron chi connectivity index (χ1n) is 7.08. The van der Waals surface area contributed by atoms with Crippen LogP contribution in [0.1, 0.15) is 46.5 Å². The highest BCUT2D eigenvalue weighted by molar-refractivity contribution is 5.91. The molecule has 0 bridgehead atoms. The summed E-state index contributed by atoms with van der Waals surface area (Å²) in [6.07, 6.45) is 3.58. The van der Waals surface area contributed by atoms with Gasteiger partial charge in [-0.2, -0.15) is 0 Å². The van der Waals surface area contributed by atoms with Crippen LogP contribution in [0.3, 0.4) is 0 Å². The number of carboxylic acids is 1. The van der Waals surface area contributed by atoms with E-state index in [0.29, 0.717) is 18.1 Å². The molecule has 0 aromatic heterocycles. The van der Waals surface area contributed by atoms with E-state index in [1.54, 1.807) is 0 Å². The van der Waals surface area contributed by atoms with E-state index in [0.717, 1.165) is 19.3 Å². The molecule has 0 aromatic rings. The summed E-state index contributed by atoms with van der Waals surface area (Å²) in [5.41, 5.74) is -0.241. The molecule has 18 heavy (non-hydrogen) atoms. The van der Waals surface area contributed by atoms with Crippen molar-refractivity contribution >= 4 is 11.8 Å². The molecule has 0 radical (unpaired) electrons. The zero-order chi connectivity index (χ0) is 13.3. The van der Waals surface area contributed by atoms with Crippen LogP contribution in [0.25, 0.3) is 0 Å². The summed E-state index contributed by atoms with van der Waals surface area (Å²) in [6.45, 7) is 6.31. The molecule has 3 fully saturated rings. The Labute approximate surface area is 108 Å². The quantitative estimate of drug-likeness (QED) is 0.778. The number of hydrogen-bond donors (Lipinski definition) is 1.